The Morgan fingerprint density at radius 2 is 1.67 bits per heavy atom. The van der Waals surface area contributed by atoms with Gasteiger partial charge in [-0.1, -0.05) is 20.8 Å². The second-order valence-corrected chi connectivity index (χ2v) is 6.26. The van der Waals surface area contributed by atoms with Gasteiger partial charge in [0.15, 0.2) is 0 Å². The van der Waals surface area contributed by atoms with Crippen molar-refractivity contribution in [3.8, 4) is 0 Å². The highest BCUT2D eigenvalue weighted by atomic mass is 16.4. The third-order valence-electron chi connectivity index (χ3n) is 2.35. The maximum Gasteiger partial charge on any atom is 0.326 e. The number of aliphatic hydroxyl groups is 1. The summed E-state index contributed by atoms with van der Waals surface area (Å²) in [6.07, 6.45) is 0. The van der Waals surface area contributed by atoms with Crippen LogP contribution in [0.3, 0.4) is 0 Å². The molecule has 0 spiro atoms. The van der Waals surface area contributed by atoms with Crippen molar-refractivity contribution in [3.05, 3.63) is 0 Å². The van der Waals surface area contributed by atoms with E-state index in [1.54, 1.807) is 34.6 Å². The van der Waals surface area contributed by atoms with Crippen LogP contribution in [0.5, 0.6) is 0 Å². The van der Waals surface area contributed by atoms with Crippen molar-refractivity contribution in [1.82, 2.24) is 10.2 Å². The lowest BCUT2D eigenvalue weighted by molar-refractivity contribution is -0.142. The minimum atomic E-state index is -1.08. The number of hydrogen-bond donors (Lipinski definition) is 3. The summed E-state index contributed by atoms with van der Waals surface area (Å²) < 4.78 is 0. The fourth-order valence-electron chi connectivity index (χ4n) is 1.53. The summed E-state index contributed by atoms with van der Waals surface area (Å²) in [6, 6.07) is -1.49. The van der Waals surface area contributed by atoms with E-state index >= 15 is 0 Å². The SMILES string of the molecule is CN(CC(C)(C)O)C(=O)N[C@@H](C(=O)O)C(C)(C)C. The van der Waals surface area contributed by atoms with Crippen molar-refractivity contribution in [2.45, 2.75) is 46.3 Å². The summed E-state index contributed by atoms with van der Waals surface area (Å²) in [5, 5.41) is 21.1. The molecule has 18 heavy (non-hydrogen) atoms. The first-order chi connectivity index (χ1) is 7.84. The van der Waals surface area contributed by atoms with Gasteiger partial charge in [0.1, 0.15) is 6.04 Å². The van der Waals surface area contributed by atoms with Gasteiger partial charge in [0.2, 0.25) is 0 Å². The number of likely N-dealkylation sites (N-methyl/N-ethyl adjacent to an activating group) is 1. The summed E-state index contributed by atoms with van der Waals surface area (Å²) in [5.74, 6) is -1.08. The van der Waals surface area contributed by atoms with Gasteiger partial charge in [-0.15, -0.1) is 0 Å². The quantitative estimate of drug-likeness (QED) is 0.700. The number of amides is 2. The van der Waals surface area contributed by atoms with E-state index in [9.17, 15) is 14.7 Å². The molecule has 0 radical (unpaired) electrons. The molecule has 0 heterocycles. The standard InChI is InChI=1S/C12H24N2O4/c1-11(2,3)8(9(15)16)13-10(17)14(6)7-12(4,5)18/h8,18H,7H2,1-6H3,(H,13,17)(H,15,16)/t8-/m0/s1. The first kappa shape index (κ1) is 16.7. The number of carbonyl (C=O) groups is 2. The summed E-state index contributed by atoms with van der Waals surface area (Å²) in [7, 11) is 1.51. The summed E-state index contributed by atoms with van der Waals surface area (Å²) in [5.41, 5.74) is -1.61. The van der Waals surface area contributed by atoms with Crippen LogP contribution in [0.2, 0.25) is 0 Å². The molecule has 6 nitrogen and oxygen atoms in total. The molecule has 0 rings (SSSR count). The van der Waals surface area contributed by atoms with Crippen molar-refractivity contribution < 1.29 is 19.8 Å². The van der Waals surface area contributed by atoms with Crippen molar-refractivity contribution in [3.63, 3.8) is 0 Å². The summed E-state index contributed by atoms with van der Waals surface area (Å²) in [6.45, 7) is 8.49. The average Bonchev–Trinajstić information content (AvgIpc) is 2.08. The molecule has 2 amide bonds. The number of aliphatic carboxylic acids is 1. The highest BCUT2D eigenvalue weighted by Gasteiger charge is 2.33. The van der Waals surface area contributed by atoms with Gasteiger partial charge < -0.3 is 20.4 Å². The van der Waals surface area contributed by atoms with Crippen LogP contribution in [0.15, 0.2) is 0 Å². The first-order valence-electron chi connectivity index (χ1n) is 5.81. The predicted molar refractivity (Wildman–Crippen MR) is 68.3 cm³/mol. The molecule has 0 aromatic rings. The lowest BCUT2D eigenvalue weighted by atomic mass is 9.87. The number of rotatable bonds is 4. The van der Waals surface area contributed by atoms with Crippen molar-refractivity contribution in [1.29, 1.82) is 0 Å². The number of nitrogens with zero attached hydrogens (tertiary/aromatic N) is 1. The van der Waals surface area contributed by atoms with Gasteiger partial charge >= 0.3 is 12.0 Å². The van der Waals surface area contributed by atoms with E-state index in [4.69, 9.17) is 5.11 Å². The lowest BCUT2D eigenvalue weighted by Gasteiger charge is -2.31. The second-order valence-electron chi connectivity index (χ2n) is 6.26. The van der Waals surface area contributed by atoms with Crippen LogP contribution in [0.25, 0.3) is 0 Å². The van der Waals surface area contributed by atoms with Gasteiger partial charge in [-0.05, 0) is 19.3 Å². The van der Waals surface area contributed by atoms with Crippen LogP contribution in [-0.4, -0.2) is 52.3 Å². The lowest BCUT2D eigenvalue weighted by Crippen LogP contribution is -2.54. The monoisotopic (exact) mass is 260 g/mol. The third-order valence-corrected chi connectivity index (χ3v) is 2.35. The Morgan fingerprint density at radius 1 is 1.22 bits per heavy atom. The fraction of sp³-hybridized carbons (Fsp3) is 0.833. The normalized spacial score (nSPS) is 13.9. The molecule has 0 aromatic carbocycles. The predicted octanol–water partition coefficient (Wildman–Crippen LogP) is 0.898. The minimum absolute atomic E-state index is 0.120. The molecule has 6 heteroatoms. The number of nitrogens with one attached hydrogen (secondary N) is 1. The Morgan fingerprint density at radius 3 is 1.94 bits per heavy atom. The van der Waals surface area contributed by atoms with E-state index < -0.39 is 29.1 Å². The fourth-order valence-corrected chi connectivity index (χ4v) is 1.53. The van der Waals surface area contributed by atoms with Crippen LogP contribution in [-0.2, 0) is 4.79 Å². The van der Waals surface area contributed by atoms with Crippen LogP contribution in [0.1, 0.15) is 34.6 Å². The van der Waals surface area contributed by atoms with E-state index in [-0.39, 0.29) is 6.54 Å². The topological polar surface area (TPSA) is 89.9 Å². The molecule has 0 fully saturated rings. The zero-order valence-corrected chi connectivity index (χ0v) is 11.9. The Hall–Kier alpha value is -1.30. The molecular formula is C12H24N2O4. The Balaban J connectivity index is 4.67. The largest absolute Gasteiger partial charge is 0.480 e. The zero-order chi connectivity index (χ0) is 14.7. The van der Waals surface area contributed by atoms with E-state index in [2.05, 4.69) is 5.32 Å². The van der Waals surface area contributed by atoms with Crippen LogP contribution in [0.4, 0.5) is 4.79 Å². The van der Waals surface area contributed by atoms with Gasteiger partial charge in [0.05, 0.1) is 12.1 Å². The first-order valence-corrected chi connectivity index (χ1v) is 5.81. The smallest absolute Gasteiger partial charge is 0.326 e. The molecule has 0 aliphatic carbocycles. The third kappa shape index (κ3) is 5.86. The molecular weight excluding hydrogens is 236 g/mol. The Bertz CT molecular complexity index is 315. The van der Waals surface area contributed by atoms with Gasteiger partial charge in [-0.2, -0.15) is 0 Å². The van der Waals surface area contributed by atoms with Gasteiger partial charge in [-0.25, -0.2) is 9.59 Å². The van der Waals surface area contributed by atoms with Gasteiger partial charge in [0.25, 0.3) is 0 Å². The summed E-state index contributed by atoms with van der Waals surface area (Å²) in [4.78, 5) is 24.2. The molecule has 0 aliphatic heterocycles. The van der Waals surface area contributed by atoms with Crippen molar-refractivity contribution in [2.75, 3.05) is 13.6 Å². The van der Waals surface area contributed by atoms with E-state index in [0.29, 0.717) is 0 Å². The Kier molecular flexibility index (Phi) is 5.16. The van der Waals surface area contributed by atoms with Crippen LogP contribution >= 0.6 is 0 Å². The van der Waals surface area contributed by atoms with Crippen molar-refractivity contribution >= 4 is 12.0 Å². The van der Waals surface area contributed by atoms with E-state index in [1.165, 1.54) is 11.9 Å². The van der Waals surface area contributed by atoms with Crippen molar-refractivity contribution in [2.24, 2.45) is 5.41 Å². The van der Waals surface area contributed by atoms with Crippen LogP contribution < -0.4 is 5.32 Å². The average molecular weight is 260 g/mol. The highest BCUT2D eigenvalue weighted by Crippen LogP contribution is 2.19. The maximum atomic E-state index is 11.8. The number of hydrogen-bond acceptors (Lipinski definition) is 3. The molecule has 0 saturated carbocycles. The Labute approximate surface area is 108 Å². The molecule has 0 saturated heterocycles. The molecule has 0 aromatic heterocycles. The number of carbonyl (C=O) groups excluding carboxylic acids is 1. The maximum absolute atomic E-state index is 11.8. The molecule has 0 aliphatic rings. The molecule has 3 N–H and O–H groups in total. The zero-order valence-electron chi connectivity index (χ0n) is 11.9. The van der Waals surface area contributed by atoms with Gasteiger partial charge in [0, 0.05) is 7.05 Å². The number of carboxylic acid groups (broad SMARTS) is 1. The van der Waals surface area contributed by atoms with Crippen LogP contribution in [0, 0.1) is 5.41 Å². The highest BCUT2D eigenvalue weighted by molar-refractivity contribution is 5.83. The molecule has 0 unspecified atom stereocenters. The second kappa shape index (κ2) is 5.56. The van der Waals surface area contributed by atoms with Gasteiger partial charge in [-0.3, -0.25) is 0 Å². The van der Waals surface area contributed by atoms with E-state index in [0.717, 1.165) is 0 Å². The molecule has 1 atom stereocenters. The minimum Gasteiger partial charge on any atom is -0.480 e. The van der Waals surface area contributed by atoms with E-state index in [1.807, 2.05) is 0 Å². The summed E-state index contributed by atoms with van der Waals surface area (Å²) >= 11 is 0. The number of urea groups is 1. The molecule has 0 bridgehead atoms. The molecule has 106 valence electrons. The number of carboxylic acids is 1.